The van der Waals surface area contributed by atoms with Crippen molar-refractivity contribution in [3.05, 3.63) is 63.7 Å². The summed E-state index contributed by atoms with van der Waals surface area (Å²) in [5, 5.41) is 11.4. The molecule has 0 N–H and O–H groups in total. The second kappa shape index (κ2) is 8.02. The first kappa shape index (κ1) is 19.7. The molecule has 0 spiro atoms. The first-order valence-electron chi connectivity index (χ1n) is 9.66. The van der Waals surface area contributed by atoms with Crippen LogP contribution in [0.25, 0.3) is 0 Å². The Bertz CT molecular complexity index is 1000. The molecule has 1 fully saturated rings. The van der Waals surface area contributed by atoms with Gasteiger partial charge in [-0.05, 0) is 25.1 Å². The second-order valence-electron chi connectivity index (χ2n) is 7.21. The zero-order valence-corrected chi connectivity index (χ0v) is 16.4. The van der Waals surface area contributed by atoms with Gasteiger partial charge in [-0.25, -0.2) is 0 Å². The molecule has 9 nitrogen and oxygen atoms in total. The van der Waals surface area contributed by atoms with Gasteiger partial charge in [0, 0.05) is 31.7 Å². The van der Waals surface area contributed by atoms with Crippen LogP contribution >= 0.6 is 0 Å². The summed E-state index contributed by atoms with van der Waals surface area (Å²) in [4.78, 5) is 39.7. The fourth-order valence-corrected chi connectivity index (χ4v) is 3.72. The average molecular weight is 411 g/mol. The number of nitro benzene ring substituents is 1. The summed E-state index contributed by atoms with van der Waals surface area (Å²) in [6.07, 6.45) is -0.736. The number of hydrogen-bond acceptors (Lipinski definition) is 6. The number of benzene rings is 2. The Morgan fingerprint density at radius 1 is 1.00 bits per heavy atom. The van der Waals surface area contributed by atoms with Crippen molar-refractivity contribution in [3.63, 3.8) is 0 Å². The second-order valence-corrected chi connectivity index (χ2v) is 7.21. The molecule has 2 aliphatic heterocycles. The van der Waals surface area contributed by atoms with Crippen molar-refractivity contribution in [3.8, 4) is 11.5 Å². The van der Waals surface area contributed by atoms with Crippen molar-refractivity contribution < 1.29 is 24.0 Å². The molecule has 156 valence electrons. The van der Waals surface area contributed by atoms with Crippen LogP contribution in [0.1, 0.15) is 15.9 Å². The molecule has 2 heterocycles. The highest BCUT2D eigenvalue weighted by atomic mass is 16.6. The van der Waals surface area contributed by atoms with Crippen LogP contribution in [0.2, 0.25) is 0 Å². The van der Waals surface area contributed by atoms with Crippen molar-refractivity contribution in [2.45, 2.75) is 13.0 Å². The normalized spacial score (nSPS) is 18.1. The van der Waals surface area contributed by atoms with Crippen LogP contribution in [0.4, 0.5) is 5.69 Å². The number of para-hydroxylation sites is 3. The molecule has 1 atom stereocenters. The third kappa shape index (κ3) is 3.66. The molecule has 0 radical (unpaired) electrons. The van der Waals surface area contributed by atoms with Gasteiger partial charge >= 0.3 is 0 Å². The molecular weight excluding hydrogens is 390 g/mol. The van der Waals surface area contributed by atoms with Gasteiger partial charge in [0.1, 0.15) is 12.2 Å². The first-order chi connectivity index (χ1) is 14.5. The van der Waals surface area contributed by atoms with E-state index in [0.717, 1.165) is 0 Å². The lowest BCUT2D eigenvalue weighted by atomic mass is 10.1. The smallest absolute Gasteiger partial charge is 0.285 e. The number of hydrogen-bond donors (Lipinski definition) is 0. The molecule has 2 aliphatic rings. The summed E-state index contributed by atoms with van der Waals surface area (Å²) < 4.78 is 11.4. The van der Waals surface area contributed by atoms with Crippen LogP contribution in [0.3, 0.4) is 0 Å². The number of fused-ring (bicyclic) bond motifs is 1. The average Bonchev–Trinajstić information content (AvgIpc) is 2.77. The predicted octanol–water partition coefficient (Wildman–Crippen LogP) is 2.03. The summed E-state index contributed by atoms with van der Waals surface area (Å²) in [5.74, 6) is 0.543. The number of piperazine rings is 1. The maximum absolute atomic E-state index is 12.9. The number of nitro groups is 1. The lowest BCUT2D eigenvalue weighted by molar-refractivity contribution is -0.385. The van der Waals surface area contributed by atoms with E-state index in [9.17, 15) is 19.7 Å². The van der Waals surface area contributed by atoms with Crippen molar-refractivity contribution in [1.82, 2.24) is 9.80 Å². The monoisotopic (exact) mass is 411 g/mol. The van der Waals surface area contributed by atoms with Gasteiger partial charge in [-0.1, -0.05) is 24.3 Å². The summed E-state index contributed by atoms with van der Waals surface area (Å²) in [5.41, 5.74) is 0.335. The van der Waals surface area contributed by atoms with Gasteiger partial charge in [-0.2, -0.15) is 0 Å². The van der Waals surface area contributed by atoms with E-state index in [1.165, 1.54) is 6.07 Å². The SMILES string of the molecule is Cc1cccc(C(=O)N2CCN(C(=O)C3COc4ccccc4O3)CC2)c1[N+](=O)[O-]. The Balaban J connectivity index is 1.40. The third-order valence-corrected chi connectivity index (χ3v) is 5.31. The van der Waals surface area contributed by atoms with Crippen LogP contribution in [0.15, 0.2) is 42.5 Å². The van der Waals surface area contributed by atoms with Gasteiger partial charge in [0.2, 0.25) is 6.10 Å². The van der Waals surface area contributed by atoms with Gasteiger partial charge in [-0.15, -0.1) is 0 Å². The molecular formula is C21H21N3O6. The van der Waals surface area contributed by atoms with E-state index in [1.54, 1.807) is 41.0 Å². The van der Waals surface area contributed by atoms with Gasteiger partial charge < -0.3 is 19.3 Å². The molecule has 0 aliphatic carbocycles. The fourth-order valence-electron chi connectivity index (χ4n) is 3.72. The maximum Gasteiger partial charge on any atom is 0.285 e. The molecule has 0 aromatic heterocycles. The number of amides is 2. The molecule has 1 unspecified atom stereocenters. The molecule has 30 heavy (non-hydrogen) atoms. The summed E-state index contributed by atoms with van der Waals surface area (Å²) in [6.45, 7) is 2.97. The summed E-state index contributed by atoms with van der Waals surface area (Å²) in [7, 11) is 0. The van der Waals surface area contributed by atoms with Crippen LogP contribution in [-0.2, 0) is 4.79 Å². The Kier molecular flexibility index (Phi) is 5.26. The maximum atomic E-state index is 12.9. The molecule has 2 amide bonds. The molecule has 9 heteroatoms. The Morgan fingerprint density at radius 3 is 2.37 bits per heavy atom. The Labute approximate surface area is 172 Å². The van der Waals surface area contributed by atoms with E-state index in [1.807, 2.05) is 12.1 Å². The van der Waals surface area contributed by atoms with Gasteiger partial charge in [0.15, 0.2) is 11.5 Å². The van der Waals surface area contributed by atoms with Crippen molar-refractivity contribution in [2.75, 3.05) is 32.8 Å². The molecule has 0 saturated carbocycles. The molecule has 2 aromatic rings. The van der Waals surface area contributed by atoms with Crippen LogP contribution in [0, 0.1) is 17.0 Å². The van der Waals surface area contributed by atoms with Crippen molar-refractivity contribution >= 4 is 17.5 Å². The van der Waals surface area contributed by atoms with E-state index >= 15 is 0 Å². The molecule has 1 saturated heterocycles. The molecule has 2 aromatic carbocycles. The van der Waals surface area contributed by atoms with E-state index in [-0.39, 0.29) is 23.8 Å². The summed E-state index contributed by atoms with van der Waals surface area (Å²) in [6, 6.07) is 11.9. The molecule has 0 bridgehead atoms. The van der Waals surface area contributed by atoms with Gasteiger partial charge in [-0.3, -0.25) is 19.7 Å². The van der Waals surface area contributed by atoms with Crippen molar-refractivity contribution in [2.24, 2.45) is 0 Å². The van der Waals surface area contributed by atoms with Gasteiger partial charge in [0.05, 0.1) is 4.92 Å². The topological polar surface area (TPSA) is 102 Å². The lowest BCUT2D eigenvalue weighted by Gasteiger charge is -2.37. The molecule has 4 rings (SSSR count). The highest BCUT2D eigenvalue weighted by Gasteiger charge is 2.34. The highest BCUT2D eigenvalue weighted by Crippen LogP contribution is 2.31. The van der Waals surface area contributed by atoms with Crippen LogP contribution < -0.4 is 9.47 Å². The number of aryl methyl sites for hydroxylation is 1. The number of rotatable bonds is 3. The minimum Gasteiger partial charge on any atom is -0.485 e. The number of carbonyl (C=O) groups excluding carboxylic acids is 2. The fraction of sp³-hybridized carbons (Fsp3) is 0.333. The Morgan fingerprint density at radius 2 is 1.67 bits per heavy atom. The lowest BCUT2D eigenvalue weighted by Crippen LogP contribution is -2.55. The van der Waals surface area contributed by atoms with E-state index in [4.69, 9.17) is 9.47 Å². The van der Waals surface area contributed by atoms with Crippen molar-refractivity contribution in [1.29, 1.82) is 0 Å². The minimum absolute atomic E-state index is 0.0698. The highest BCUT2D eigenvalue weighted by molar-refractivity contribution is 5.98. The van der Waals surface area contributed by atoms with Crippen LogP contribution in [0.5, 0.6) is 11.5 Å². The first-order valence-corrected chi connectivity index (χ1v) is 9.66. The van der Waals surface area contributed by atoms with E-state index in [0.29, 0.717) is 43.2 Å². The van der Waals surface area contributed by atoms with Crippen LogP contribution in [-0.4, -0.2) is 65.4 Å². The van der Waals surface area contributed by atoms with Gasteiger partial charge in [0.25, 0.3) is 17.5 Å². The zero-order valence-electron chi connectivity index (χ0n) is 16.4. The number of nitrogens with zero attached hydrogens (tertiary/aromatic N) is 3. The predicted molar refractivity (Wildman–Crippen MR) is 107 cm³/mol. The number of carbonyl (C=O) groups is 2. The van der Waals surface area contributed by atoms with E-state index < -0.39 is 16.9 Å². The summed E-state index contributed by atoms with van der Waals surface area (Å²) >= 11 is 0. The zero-order chi connectivity index (χ0) is 21.3. The third-order valence-electron chi connectivity index (χ3n) is 5.31. The minimum atomic E-state index is -0.736. The quantitative estimate of drug-likeness (QED) is 0.566. The standard InChI is InChI=1S/C21H21N3O6/c1-14-5-4-6-15(19(14)24(27)28)20(25)22-9-11-23(12-10-22)21(26)18-13-29-16-7-2-3-8-17(16)30-18/h2-8,18H,9-13H2,1H3. The largest absolute Gasteiger partial charge is 0.485 e. The van der Waals surface area contributed by atoms with E-state index in [2.05, 4.69) is 0 Å². The number of ether oxygens (including phenoxy) is 2. The Hall–Kier alpha value is -3.62.